The number of alkyl halides is 3. The summed E-state index contributed by atoms with van der Waals surface area (Å²) < 4.78 is 97.3. The van der Waals surface area contributed by atoms with E-state index in [2.05, 4.69) is 10.6 Å². The summed E-state index contributed by atoms with van der Waals surface area (Å²) in [5.41, 5.74) is -3.96. The SMILES string of the molecule is O=C(Nc1cccc(SC(C(=O)Nc2c(F)c(F)c(C(F)(F)F)c(F)c2F)c2ccccc2)c1)/C(=C\c1c(Cl)cccc1Cl)NC(=O)c1ccccc1. The number of benzene rings is 5. The average Bonchev–Trinajstić information content (AvgIpc) is 3.13. The number of rotatable bonds is 10. The summed E-state index contributed by atoms with van der Waals surface area (Å²) in [5, 5.41) is 5.82. The lowest BCUT2D eigenvalue weighted by molar-refractivity contribution is -0.143. The maximum Gasteiger partial charge on any atom is 0.422 e. The van der Waals surface area contributed by atoms with Gasteiger partial charge >= 0.3 is 6.18 Å². The molecule has 0 radical (unpaired) electrons. The van der Waals surface area contributed by atoms with Gasteiger partial charge in [0.05, 0.1) is 0 Å². The minimum atomic E-state index is -5.77. The number of thioether (sulfide) groups is 1. The normalized spacial score (nSPS) is 12.2. The fraction of sp³-hybridized carbons (Fsp3) is 0.0541. The first-order valence-corrected chi connectivity index (χ1v) is 16.7. The van der Waals surface area contributed by atoms with E-state index in [4.69, 9.17) is 23.2 Å². The van der Waals surface area contributed by atoms with E-state index >= 15 is 0 Å². The molecule has 0 spiro atoms. The molecule has 0 saturated carbocycles. The van der Waals surface area contributed by atoms with Crippen LogP contribution in [0.25, 0.3) is 6.08 Å². The molecule has 53 heavy (non-hydrogen) atoms. The van der Waals surface area contributed by atoms with Crippen LogP contribution in [0, 0.1) is 23.3 Å². The van der Waals surface area contributed by atoms with Crippen molar-refractivity contribution in [2.24, 2.45) is 0 Å². The van der Waals surface area contributed by atoms with Crippen LogP contribution in [0.5, 0.6) is 0 Å². The van der Waals surface area contributed by atoms with Crippen molar-refractivity contribution in [3.8, 4) is 0 Å². The van der Waals surface area contributed by atoms with Gasteiger partial charge in [0.25, 0.3) is 11.8 Å². The Morgan fingerprint density at radius 3 is 1.85 bits per heavy atom. The Bertz CT molecular complexity index is 2170. The molecule has 5 rings (SSSR count). The molecule has 3 N–H and O–H groups in total. The highest BCUT2D eigenvalue weighted by atomic mass is 35.5. The quantitative estimate of drug-likeness (QED) is 0.0569. The van der Waals surface area contributed by atoms with Gasteiger partial charge in [0, 0.05) is 31.8 Å². The van der Waals surface area contributed by atoms with Crippen LogP contribution in [0.3, 0.4) is 0 Å². The molecule has 16 heteroatoms. The van der Waals surface area contributed by atoms with Crippen LogP contribution >= 0.6 is 35.0 Å². The van der Waals surface area contributed by atoms with E-state index in [-0.39, 0.29) is 43.0 Å². The van der Waals surface area contributed by atoms with Crippen molar-refractivity contribution < 1.29 is 45.1 Å². The molecule has 0 aromatic heterocycles. The highest BCUT2D eigenvalue weighted by molar-refractivity contribution is 8.00. The van der Waals surface area contributed by atoms with E-state index in [9.17, 15) is 45.1 Å². The molecule has 0 aliphatic carbocycles. The maximum atomic E-state index is 14.7. The third kappa shape index (κ3) is 9.20. The first-order valence-electron chi connectivity index (χ1n) is 15.0. The number of anilines is 2. The highest BCUT2D eigenvalue weighted by Crippen LogP contribution is 2.41. The van der Waals surface area contributed by atoms with Crippen LogP contribution in [-0.2, 0) is 15.8 Å². The molecule has 1 unspecified atom stereocenters. The van der Waals surface area contributed by atoms with Gasteiger partial charge in [-0.3, -0.25) is 14.4 Å². The Kier molecular flexibility index (Phi) is 12.2. The van der Waals surface area contributed by atoms with Gasteiger partial charge in [0.1, 0.15) is 22.2 Å². The van der Waals surface area contributed by atoms with Crippen LogP contribution in [-0.4, -0.2) is 17.7 Å². The fourth-order valence-electron chi connectivity index (χ4n) is 4.80. The van der Waals surface area contributed by atoms with Crippen molar-refractivity contribution in [3.63, 3.8) is 0 Å². The number of nitrogens with one attached hydrogen (secondary N) is 3. The summed E-state index contributed by atoms with van der Waals surface area (Å²) >= 11 is 13.4. The monoisotopic (exact) mass is 791 g/mol. The van der Waals surface area contributed by atoms with E-state index in [0.717, 1.165) is 11.8 Å². The molecule has 5 aromatic rings. The van der Waals surface area contributed by atoms with Gasteiger partial charge in [-0.2, -0.15) is 13.2 Å². The number of carbonyl (C=O) groups excluding carboxylic acids is 3. The van der Waals surface area contributed by atoms with E-state index in [1.807, 2.05) is 0 Å². The maximum absolute atomic E-state index is 14.7. The second-order valence-electron chi connectivity index (χ2n) is 10.9. The van der Waals surface area contributed by atoms with Crippen molar-refractivity contribution in [3.05, 3.63) is 164 Å². The zero-order valence-corrected chi connectivity index (χ0v) is 28.8. The molecule has 0 heterocycles. The van der Waals surface area contributed by atoms with Gasteiger partial charge in [-0.05, 0) is 54.1 Å². The summed E-state index contributed by atoms with van der Waals surface area (Å²) in [4.78, 5) is 40.4. The lowest BCUT2D eigenvalue weighted by atomic mass is 10.1. The standard InChI is InChI=1S/C37H22Cl2F7N3O3S/c38-24-15-8-16-25(39)23(24)18-26(48-34(50)20-11-5-2-6-12-20)35(51)47-21-13-7-14-22(17-21)53-33(19-9-3-1-4-10-19)36(52)49-32-30(42)28(40)27(37(44,45)46)29(41)31(32)43/h1-18,33H,(H,47,51)(H,48,50)(H,49,52)/b26-18+. The summed E-state index contributed by atoms with van der Waals surface area (Å²) in [6.07, 6.45) is -4.49. The minimum absolute atomic E-state index is 0.140. The van der Waals surface area contributed by atoms with Crippen LogP contribution in [0.15, 0.2) is 114 Å². The predicted octanol–water partition coefficient (Wildman–Crippen LogP) is 10.5. The van der Waals surface area contributed by atoms with Crippen molar-refractivity contribution in [2.75, 3.05) is 10.6 Å². The predicted molar refractivity (Wildman–Crippen MR) is 188 cm³/mol. The zero-order valence-electron chi connectivity index (χ0n) is 26.5. The van der Waals surface area contributed by atoms with Gasteiger partial charge in [-0.15, -0.1) is 11.8 Å². The van der Waals surface area contributed by atoms with Crippen LogP contribution < -0.4 is 16.0 Å². The topological polar surface area (TPSA) is 87.3 Å². The van der Waals surface area contributed by atoms with Crippen molar-refractivity contribution in [2.45, 2.75) is 16.3 Å². The summed E-state index contributed by atoms with van der Waals surface area (Å²) in [7, 11) is 0. The Morgan fingerprint density at radius 2 is 1.26 bits per heavy atom. The molecule has 1 atom stereocenters. The van der Waals surface area contributed by atoms with Gasteiger partial charge in [0.2, 0.25) is 5.91 Å². The summed E-state index contributed by atoms with van der Waals surface area (Å²) in [6, 6.07) is 26.1. The van der Waals surface area contributed by atoms with Gasteiger partial charge in [-0.1, -0.05) is 83.9 Å². The summed E-state index contributed by atoms with van der Waals surface area (Å²) in [5.74, 6) is -13.1. The fourth-order valence-corrected chi connectivity index (χ4v) is 6.39. The average molecular weight is 793 g/mol. The largest absolute Gasteiger partial charge is 0.422 e. The van der Waals surface area contributed by atoms with E-state index in [1.165, 1.54) is 78.9 Å². The van der Waals surface area contributed by atoms with Crippen molar-refractivity contribution in [1.29, 1.82) is 0 Å². The van der Waals surface area contributed by atoms with Crippen LogP contribution in [0.1, 0.15) is 32.3 Å². The Balaban J connectivity index is 1.44. The molecule has 3 amide bonds. The molecule has 5 aromatic carbocycles. The van der Waals surface area contributed by atoms with Gasteiger partial charge in [0.15, 0.2) is 23.3 Å². The highest BCUT2D eigenvalue weighted by Gasteiger charge is 2.43. The van der Waals surface area contributed by atoms with Gasteiger partial charge < -0.3 is 16.0 Å². The summed E-state index contributed by atoms with van der Waals surface area (Å²) in [6.45, 7) is 0. The third-order valence-corrected chi connectivity index (χ3v) is 9.21. The lowest BCUT2D eigenvalue weighted by Crippen LogP contribution is -2.30. The smallest absolute Gasteiger partial charge is 0.321 e. The van der Waals surface area contributed by atoms with Crippen molar-refractivity contribution in [1.82, 2.24) is 5.32 Å². The van der Waals surface area contributed by atoms with Gasteiger partial charge in [-0.25, -0.2) is 17.6 Å². The molecular formula is C37H22Cl2F7N3O3S. The molecule has 0 aliphatic heterocycles. The van der Waals surface area contributed by atoms with E-state index in [0.29, 0.717) is 0 Å². The number of hydrogen-bond acceptors (Lipinski definition) is 4. The zero-order chi connectivity index (χ0) is 38.4. The Labute approximate surface area is 311 Å². The molecule has 0 fully saturated rings. The third-order valence-electron chi connectivity index (χ3n) is 7.30. The Morgan fingerprint density at radius 1 is 0.698 bits per heavy atom. The molecule has 272 valence electrons. The van der Waals surface area contributed by atoms with Crippen molar-refractivity contribution >= 4 is 70.1 Å². The first-order chi connectivity index (χ1) is 25.1. The van der Waals surface area contributed by atoms with E-state index < -0.39 is 63.7 Å². The van der Waals surface area contributed by atoms with E-state index in [1.54, 1.807) is 35.6 Å². The number of amides is 3. The molecule has 0 aliphatic rings. The Hall–Kier alpha value is -5.31. The second kappa shape index (κ2) is 16.6. The molecule has 6 nitrogen and oxygen atoms in total. The second-order valence-corrected chi connectivity index (χ2v) is 12.9. The van der Waals surface area contributed by atoms with Crippen LogP contribution in [0.2, 0.25) is 10.0 Å². The number of halogens is 9. The number of carbonyl (C=O) groups is 3. The minimum Gasteiger partial charge on any atom is -0.321 e. The lowest BCUT2D eigenvalue weighted by Gasteiger charge is -2.19. The van der Waals surface area contributed by atoms with Crippen LogP contribution in [0.4, 0.5) is 42.1 Å². The number of hydrogen-bond donors (Lipinski definition) is 3. The molecule has 0 saturated heterocycles. The molecular weight excluding hydrogens is 770 g/mol. The molecule has 0 bridgehead atoms. The first kappa shape index (κ1) is 38.9.